The Morgan fingerprint density at radius 1 is 1.24 bits per heavy atom. The molecule has 0 aromatic heterocycles. The lowest BCUT2D eigenvalue weighted by Gasteiger charge is -2.23. The number of unbranched alkanes of at least 4 members (excludes halogenated alkanes) is 1. The first kappa shape index (κ1) is 14.1. The van der Waals surface area contributed by atoms with E-state index in [2.05, 4.69) is 6.92 Å². The van der Waals surface area contributed by atoms with Gasteiger partial charge >= 0.3 is 0 Å². The van der Waals surface area contributed by atoms with Crippen LogP contribution in [0.15, 0.2) is 18.2 Å². The molecule has 1 aromatic carbocycles. The Morgan fingerprint density at radius 2 is 1.94 bits per heavy atom. The molecule has 0 heterocycles. The van der Waals surface area contributed by atoms with E-state index in [9.17, 15) is 8.78 Å². The summed E-state index contributed by atoms with van der Waals surface area (Å²) in [6.45, 7) is 4.15. The molecule has 2 unspecified atom stereocenters. The van der Waals surface area contributed by atoms with Crippen LogP contribution in [0.25, 0.3) is 0 Å². The summed E-state index contributed by atoms with van der Waals surface area (Å²) in [5.41, 5.74) is 6.35. The molecule has 0 saturated heterocycles. The molecule has 0 aliphatic rings. The van der Waals surface area contributed by atoms with Crippen LogP contribution >= 0.6 is 0 Å². The zero-order chi connectivity index (χ0) is 12.8. The fraction of sp³-hybridized carbons (Fsp3) is 0.571. The van der Waals surface area contributed by atoms with Crippen molar-refractivity contribution in [3.8, 4) is 0 Å². The van der Waals surface area contributed by atoms with E-state index in [0.29, 0.717) is 5.56 Å². The summed E-state index contributed by atoms with van der Waals surface area (Å²) in [6, 6.07) is 3.80. The van der Waals surface area contributed by atoms with Gasteiger partial charge in [-0.05, 0) is 18.4 Å². The Bertz CT molecular complexity index is 352. The van der Waals surface area contributed by atoms with Crippen molar-refractivity contribution >= 4 is 0 Å². The van der Waals surface area contributed by atoms with Gasteiger partial charge in [0.05, 0.1) is 0 Å². The van der Waals surface area contributed by atoms with Crippen LogP contribution in [-0.4, -0.2) is 0 Å². The minimum absolute atomic E-state index is 0.214. The first-order chi connectivity index (χ1) is 8.11. The van der Waals surface area contributed by atoms with Gasteiger partial charge in [-0.25, -0.2) is 8.78 Å². The first-order valence-corrected chi connectivity index (χ1v) is 6.31. The van der Waals surface area contributed by atoms with Crippen molar-refractivity contribution in [2.24, 2.45) is 11.7 Å². The molecule has 1 nitrogen and oxygen atoms in total. The van der Waals surface area contributed by atoms with Crippen molar-refractivity contribution in [1.29, 1.82) is 0 Å². The number of nitrogens with two attached hydrogens (primary N) is 1. The van der Waals surface area contributed by atoms with E-state index in [1.54, 1.807) is 6.07 Å². The van der Waals surface area contributed by atoms with Crippen LogP contribution in [0.5, 0.6) is 0 Å². The average Bonchev–Trinajstić information content (AvgIpc) is 2.33. The molecule has 2 atom stereocenters. The van der Waals surface area contributed by atoms with Gasteiger partial charge in [0.15, 0.2) is 11.6 Å². The lowest BCUT2D eigenvalue weighted by atomic mass is 9.87. The second-order valence-electron chi connectivity index (χ2n) is 4.48. The molecule has 0 aliphatic heterocycles. The Kier molecular flexibility index (Phi) is 5.56. The minimum atomic E-state index is -0.816. The van der Waals surface area contributed by atoms with Crippen molar-refractivity contribution in [2.75, 3.05) is 0 Å². The number of hydrogen-bond donors (Lipinski definition) is 1. The molecule has 3 heteroatoms. The topological polar surface area (TPSA) is 26.0 Å². The Labute approximate surface area is 102 Å². The van der Waals surface area contributed by atoms with E-state index in [4.69, 9.17) is 5.73 Å². The lowest BCUT2D eigenvalue weighted by molar-refractivity contribution is 0.364. The molecule has 0 fully saturated rings. The molecule has 0 amide bonds. The van der Waals surface area contributed by atoms with Crippen LogP contribution in [0.2, 0.25) is 0 Å². The Hall–Kier alpha value is -0.960. The van der Waals surface area contributed by atoms with Gasteiger partial charge in [0.2, 0.25) is 0 Å². The number of rotatable bonds is 6. The summed E-state index contributed by atoms with van der Waals surface area (Å²) in [7, 11) is 0. The third-order valence-corrected chi connectivity index (χ3v) is 3.30. The van der Waals surface area contributed by atoms with Crippen molar-refractivity contribution < 1.29 is 8.78 Å². The number of halogens is 2. The van der Waals surface area contributed by atoms with E-state index in [-0.39, 0.29) is 5.92 Å². The van der Waals surface area contributed by atoms with Gasteiger partial charge in [-0.15, -0.1) is 0 Å². The normalized spacial score (nSPS) is 14.6. The molecule has 96 valence electrons. The monoisotopic (exact) mass is 241 g/mol. The first-order valence-electron chi connectivity index (χ1n) is 6.31. The molecule has 0 saturated carbocycles. The fourth-order valence-electron chi connectivity index (χ4n) is 2.14. The quantitative estimate of drug-likeness (QED) is 0.794. The van der Waals surface area contributed by atoms with E-state index in [1.807, 2.05) is 6.92 Å². The standard InChI is InChI=1S/C14H21F2N/c1-3-5-7-10(4-2)14(17)11-8-6-9-12(15)13(11)16/h6,8-10,14H,3-5,7,17H2,1-2H3. The molecular formula is C14H21F2N. The summed E-state index contributed by atoms with van der Waals surface area (Å²) in [4.78, 5) is 0. The van der Waals surface area contributed by atoms with Gasteiger partial charge in [-0.2, -0.15) is 0 Å². The van der Waals surface area contributed by atoms with E-state index in [1.165, 1.54) is 6.07 Å². The van der Waals surface area contributed by atoms with E-state index >= 15 is 0 Å². The van der Waals surface area contributed by atoms with E-state index in [0.717, 1.165) is 31.7 Å². The van der Waals surface area contributed by atoms with Gasteiger partial charge in [-0.1, -0.05) is 45.2 Å². The third kappa shape index (κ3) is 3.50. The Balaban J connectivity index is 2.85. The summed E-state index contributed by atoms with van der Waals surface area (Å²) in [6.07, 6.45) is 4.01. The summed E-state index contributed by atoms with van der Waals surface area (Å²) < 4.78 is 26.7. The largest absolute Gasteiger partial charge is 0.324 e. The zero-order valence-electron chi connectivity index (χ0n) is 10.5. The van der Waals surface area contributed by atoms with Gasteiger partial charge < -0.3 is 5.73 Å². The van der Waals surface area contributed by atoms with E-state index < -0.39 is 17.7 Å². The minimum Gasteiger partial charge on any atom is -0.324 e. The maximum atomic E-state index is 13.6. The summed E-state index contributed by atoms with van der Waals surface area (Å²) in [5.74, 6) is -1.40. The molecule has 1 rings (SSSR count). The highest BCUT2D eigenvalue weighted by Crippen LogP contribution is 2.29. The highest BCUT2D eigenvalue weighted by atomic mass is 19.2. The average molecular weight is 241 g/mol. The Morgan fingerprint density at radius 3 is 2.53 bits per heavy atom. The third-order valence-electron chi connectivity index (χ3n) is 3.30. The molecule has 0 bridgehead atoms. The molecule has 0 radical (unpaired) electrons. The number of hydrogen-bond acceptors (Lipinski definition) is 1. The summed E-state index contributed by atoms with van der Waals surface area (Å²) >= 11 is 0. The lowest BCUT2D eigenvalue weighted by Crippen LogP contribution is -2.22. The van der Waals surface area contributed by atoms with Crippen molar-refractivity contribution in [2.45, 2.75) is 45.6 Å². The van der Waals surface area contributed by atoms with Gasteiger partial charge in [0.25, 0.3) is 0 Å². The van der Waals surface area contributed by atoms with Crippen LogP contribution in [-0.2, 0) is 0 Å². The van der Waals surface area contributed by atoms with Crippen LogP contribution in [0.3, 0.4) is 0 Å². The maximum absolute atomic E-state index is 13.6. The second kappa shape index (κ2) is 6.70. The van der Waals surface area contributed by atoms with Crippen LogP contribution in [0.1, 0.15) is 51.1 Å². The van der Waals surface area contributed by atoms with Crippen molar-refractivity contribution in [1.82, 2.24) is 0 Å². The predicted molar refractivity (Wildman–Crippen MR) is 66.6 cm³/mol. The van der Waals surface area contributed by atoms with Crippen molar-refractivity contribution in [3.05, 3.63) is 35.4 Å². The predicted octanol–water partition coefficient (Wildman–Crippen LogP) is 4.18. The van der Waals surface area contributed by atoms with Gasteiger partial charge in [0.1, 0.15) is 0 Å². The smallest absolute Gasteiger partial charge is 0.163 e. The maximum Gasteiger partial charge on any atom is 0.163 e. The second-order valence-corrected chi connectivity index (χ2v) is 4.48. The van der Waals surface area contributed by atoms with Crippen molar-refractivity contribution in [3.63, 3.8) is 0 Å². The summed E-state index contributed by atoms with van der Waals surface area (Å²) in [5, 5.41) is 0. The molecule has 1 aromatic rings. The molecular weight excluding hydrogens is 220 g/mol. The fourth-order valence-corrected chi connectivity index (χ4v) is 2.14. The molecule has 0 spiro atoms. The number of benzene rings is 1. The van der Waals surface area contributed by atoms with Gasteiger partial charge in [-0.3, -0.25) is 0 Å². The van der Waals surface area contributed by atoms with Gasteiger partial charge in [0, 0.05) is 11.6 Å². The molecule has 17 heavy (non-hydrogen) atoms. The van der Waals surface area contributed by atoms with Crippen LogP contribution in [0.4, 0.5) is 8.78 Å². The molecule has 0 aliphatic carbocycles. The molecule has 2 N–H and O–H groups in total. The zero-order valence-corrected chi connectivity index (χ0v) is 10.5. The highest BCUT2D eigenvalue weighted by molar-refractivity contribution is 5.22. The van der Waals surface area contributed by atoms with Crippen LogP contribution < -0.4 is 5.73 Å². The SMILES string of the molecule is CCCCC(CC)C(N)c1cccc(F)c1F. The highest BCUT2D eigenvalue weighted by Gasteiger charge is 2.21. The van der Waals surface area contributed by atoms with Crippen LogP contribution in [0, 0.1) is 17.6 Å².